The topological polar surface area (TPSA) is 88.5 Å². The molecular formula is C26H42N4O3. The zero-order valence-corrected chi connectivity index (χ0v) is 21.5. The van der Waals surface area contributed by atoms with Crippen LogP contribution in [0.1, 0.15) is 73.6 Å². The van der Waals surface area contributed by atoms with Crippen molar-refractivity contribution in [2.45, 2.75) is 71.9 Å². The second-order valence-corrected chi connectivity index (χ2v) is 9.64. The molecule has 2 aromatic heterocycles. The number of nitrogens with one attached hydrogen (secondary N) is 2. The summed E-state index contributed by atoms with van der Waals surface area (Å²) in [5, 5.41) is 14.5. The van der Waals surface area contributed by atoms with Gasteiger partial charge in [0, 0.05) is 31.6 Å². The Hall–Kier alpha value is -2.80. The van der Waals surface area contributed by atoms with Crippen molar-refractivity contribution in [2.24, 2.45) is 0 Å². The van der Waals surface area contributed by atoms with E-state index < -0.39 is 0 Å². The Labute approximate surface area is 200 Å². The molecule has 4 heterocycles. The molecule has 0 aliphatic carbocycles. The summed E-state index contributed by atoms with van der Waals surface area (Å²) < 4.78 is 10.3. The van der Waals surface area contributed by atoms with Crippen molar-refractivity contribution in [3.8, 4) is 11.8 Å². The number of aliphatic hydroxyl groups excluding tert-OH is 1. The van der Waals surface area contributed by atoms with E-state index in [2.05, 4.69) is 74.3 Å². The summed E-state index contributed by atoms with van der Waals surface area (Å²) in [7, 11) is 3.29. The molecule has 0 aromatic carbocycles. The summed E-state index contributed by atoms with van der Waals surface area (Å²) in [6.45, 7) is 14.9. The summed E-state index contributed by atoms with van der Waals surface area (Å²) in [6.07, 6.45) is 3.28. The molecule has 33 heavy (non-hydrogen) atoms. The fraction of sp³-hybridized carbons (Fsp3) is 0.538. The Bertz CT molecular complexity index is 977. The maximum absolute atomic E-state index is 7.57. The van der Waals surface area contributed by atoms with E-state index >= 15 is 0 Å². The van der Waals surface area contributed by atoms with E-state index in [9.17, 15) is 0 Å². The fourth-order valence-corrected chi connectivity index (χ4v) is 4.28. The van der Waals surface area contributed by atoms with Gasteiger partial charge in [0.1, 0.15) is 0 Å². The molecule has 4 rings (SSSR count). The zero-order valence-electron chi connectivity index (χ0n) is 21.5. The van der Waals surface area contributed by atoms with E-state index in [-0.39, 0.29) is 19.1 Å². The van der Waals surface area contributed by atoms with Gasteiger partial charge >= 0.3 is 0 Å². The molecule has 3 N–H and O–H groups in total. The minimum Gasteiger partial charge on any atom is -0.481 e. The van der Waals surface area contributed by atoms with Crippen LogP contribution in [0.2, 0.25) is 0 Å². The van der Waals surface area contributed by atoms with Gasteiger partial charge in [0.25, 0.3) is 0 Å². The van der Waals surface area contributed by atoms with Crippen molar-refractivity contribution in [3.05, 3.63) is 41.7 Å². The SMILES string of the molecule is CCO.COc1ccc2c(n1)C(C)=CC(C)(C)N2.COc1ccc2c(n1)C(C)CC(C)(C)N2.[HH]. The monoisotopic (exact) mass is 458 g/mol. The predicted octanol–water partition coefficient (Wildman–Crippen LogP) is 5.73. The number of aliphatic hydroxyl groups is 1. The lowest BCUT2D eigenvalue weighted by Crippen LogP contribution is -2.37. The Kier molecular flexibility index (Phi) is 8.72. The average molecular weight is 459 g/mol. The third-order valence-electron chi connectivity index (χ3n) is 5.35. The number of fused-ring (bicyclic) bond motifs is 2. The smallest absolute Gasteiger partial charge is 0.213 e. The lowest BCUT2D eigenvalue weighted by atomic mass is 9.85. The van der Waals surface area contributed by atoms with E-state index in [1.807, 2.05) is 18.2 Å². The maximum atomic E-state index is 7.57. The number of pyridine rings is 2. The highest BCUT2D eigenvalue weighted by Crippen LogP contribution is 2.38. The number of hydrogen-bond acceptors (Lipinski definition) is 7. The van der Waals surface area contributed by atoms with Crippen LogP contribution in [0.3, 0.4) is 0 Å². The first-order chi connectivity index (χ1) is 15.4. The molecule has 7 nitrogen and oxygen atoms in total. The van der Waals surface area contributed by atoms with E-state index in [0.29, 0.717) is 17.7 Å². The van der Waals surface area contributed by atoms with E-state index in [1.165, 1.54) is 5.57 Å². The lowest BCUT2D eigenvalue weighted by Gasteiger charge is -2.36. The van der Waals surface area contributed by atoms with E-state index in [4.69, 9.17) is 14.6 Å². The van der Waals surface area contributed by atoms with Gasteiger partial charge in [-0.25, -0.2) is 9.97 Å². The largest absolute Gasteiger partial charge is 0.481 e. The number of rotatable bonds is 2. The first kappa shape index (κ1) is 26.5. The Morgan fingerprint density at radius 1 is 1.00 bits per heavy atom. The minimum absolute atomic E-state index is 0. The number of ether oxygens (including phenoxy) is 2. The molecule has 0 spiro atoms. The van der Waals surface area contributed by atoms with Crippen molar-refractivity contribution in [3.63, 3.8) is 0 Å². The number of methoxy groups -OCH3 is 2. The molecule has 0 radical (unpaired) electrons. The molecular weight excluding hydrogens is 416 g/mol. The molecule has 0 amide bonds. The number of allylic oxidation sites excluding steroid dienone is 1. The molecule has 2 aliphatic heterocycles. The van der Waals surface area contributed by atoms with Gasteiger partial charge in [0.05, 0.1) is 42.5 Å². The van der Waals surface area contributed by atoms with E-state index in [0.717, 1.165) is 29.2 Å². The number of nitrogens with zero attached hydrogens (tertiary/aromatic N) is 2. The first-order valence-corrected chi connectivity index (χ1v) is 11.4. The number of aromatic nitrogens is 2. The molecule has 0 fully saturated rings. The third-order valence-corrected chi connectivity index (χ3v) is 5.35. The molecule has 2 aliphatic rings. The van der Waals surface area contributed by atoms with Crippen LogP contribution in [0.15, 0.2) is 30.3 Å². The van der Waals surface area contributed by atoms with Gasteiger partial charge in [0.2, 0.25) is 11.8 Å². The summed E-state index contributed by atoms with van der Waals surface area (Å²) >= 11 is 0. The Morgan fingerprint density at radius 2 is 1.55 bits per heavy atom. The number of hydrogen-bond donors (Lipinski definition) is 3. The Morgan fingerprint density at radius 3 is 2.12 bits per heavy atom. The van der Waals surface area contributed by atoms with Crippen LogP contribution in [-0.2, 0) is 0 Å². The van der Waals surface area contributed by atoms with Crippen molar-refractivity contribution in [1.82, 2.24) is 9.97 Å². The quantitative estimate of drug-likeness (QED) is 0.529. The molecule has 7 heteroatoms. The molecule has 0 saturated heterocycles. The van der Waals surface area contributed by atoms with Crippen LogP contribution in [-0.4, -0.2) is 47.0 Å². The van der Waals surface area contributed by atoms with E-state index in [1.54, 1.807) is 21.1 Å². The van der Waals surface area contributed by atoms with Gasteiger partial charge in [-0.2, -0.15) is 0 Å². The third kappa shape index (κ3) is 7.09. The zero-order chi connectivity index (χ0) is 24.8. The highest BCUT2D eigenvalue weighted by Gasteiger charge is 2.30. The van der Waals surface area contributed by atoms with Crippen molar-refractivity contribution >= 4 is 16.9 Å². The summed E-state index contributed by atoms with van der Waals surface area (Å²) in [4.78, 5) is 8.92. The predicted molar refractivity (Wildman–Crippen MR) is 139 cm³/mol. The maximum Gasteiger partial charge on any atom is 0.213 e. The molecule has 1 atom stereocenters. The van der Waals surface area contributed by atoms with Crippen LogP contribution in [0.5, 0.6) is 11.8 Å². The summed E-state index contributed by atoms with van der Waals surface area (Å²) in [5.41, 5.74) is 5.64. The standard InChI is InChI=1S/C12H18N2O.C12H16N2O.C2H6O.H2/c2*1-8-7-12(2,3)14-9-5-6-10(15-4)13-11(8)9;1-2-3;/h5-6,8,14H,7H2,1-4H3;5-7,14H,1-4H3;3H,2H2,1H3;1H. The summed E-state index contributed by atoms with van der Waals surface area (Å²) in [6, 6.07) is 7.85. The minimum atomic E-state index is -0.00660. The molecule has 184 valence electrons. The first-order valence-electron chi connectivity index (χ1n) is 11.4. The van der Waals surface area contributed by atoms with Crippen LogP contribution >= 0.6 is 0 Å². The van der Waals surface area contributed by atoms with Crippen molar-refractivity contribution in [1.29, 1.82) is 0 Å². The van der Waals surface area contributed by atoms with Crippen LogP contribution in [0.4, 0.5) is 11.4 Å². The molecule has 0 bridgehead atoms. The highest BCUT2D eigenvalue weighted by molar-refractivity contribution is 5.77. The second kappa shape index (κ2) is 10.9. The van der Waals surface area contributed by atoms with Crippen LogP contribution in [0.25, 0.3) is 5.57 Å². The van der Waals surface area contributed by atoms with Gasteiger partial charge < -0.3 is 25.2 Å². The normalized spacial score (nSPS) is 18.8. The highest BCUT2D eigenvalue weighted by atomic mass is 16.5. The van der Waals surface area contributed by atoms with Crippen LogP contribution < -0.4 is 20.1 Å². The molecule has 2 aromatic rings. The van der Waals surface area contributed by atoms with Crippen molar-refractivity contribution < 1.29 is 16.0 Å². The van der Waals surface area contributed by atoms with Gasteiger partial charge in [0.15, 0.2) is 0 Å². The summed E-state index contributed by atoms with van der Waals surface area (Å²) in [5.74, 6) is 1.83. The molecule has 1 unspecified atom stereocenters. The lowest BCUT2D eigenvalue weighted by molar-refractivity contribution is 0.318. The van der Waals surface area contributed by atoms with Crippen molar-refractivity contribution in [2.75, 3.05) is 31.5 Å². The fourth-order valence-electron chi connectivity index (χ4n) is 4.28. The van der Waals surface area contributed by atoms with Gasteiger partial charge in [-0.1, -0.05) is 13.0 Å². The second-order valence-electron chi connectivity index (χ2n) is 9.64. The average Bonchev–Trinajstić information content (AvgIpc) is 2.73. The van der Waals surface area contributed by atoms with Gasteiger partial charge in [-0.3, -0.25) is 0 Å². The van der Waals surface area contributed by atoms with Crippen LogP contribution in [0, 0.1) is 0 Å². The van der Waals surface area contributed by atoms with Gasteiger partial charge in [-0.05, 0) is 65.7 Å². The number of anilines is 2. The molecule has 0 saturated carbocycles. The Balaban J connectivity index is 0.000000297. The van der Waals surface area contributed by atoms with Gasteiger partial charge in [-0.15, -0.1) is 0 Å².